The van der Waals surface area contributed by atoms with Crippen LogP contribution >= 0.6 is 0 Å². The molecule has 30 heavy (non-hydrogen) atoms. The first-order valence-corrected chi connectivity index (χ1v) is 10.8. The Hall–Kier alpha value is -2.70. The number of aromatic hydroxyl groups is 1. The maximum Gasteiger partial charge on any atom is 0.275 e. The van der Waals surface area contributed by atoms with Crippen LogP contribution in [0.5, 0.6) is 5.75 Å². The minimum atomic E-state index is -0.734. The van der Waals surface area contributed by atoms with Crippen molar-refractivity contribution in [2.75, 3.05) is 7.05 Å². The molecule has 2 aliphatic carbocycles. The van der Waals surface area contributed by atoms with Crippen molar-refractivity contribution in [1.29, 1.82) is 0 Å². The second kappa shape index (κ2) is 7.85. The summed E-state index contributed by atoms with van der Waals surface area (Å²) in [6.45, 7) is 4.96. The van der Waals surface area contributed by atoms with E-state index in [2.05, 4.69) is 41.4 Å². The van der Waals surface area contributed by atoms with Crippen LogP contribution < -0.4 is 10.7 Å². The van der Waals surface area contributed by atoms with Crippen LogP contribution in [-0.4, -0.2) is 40.1 Å². The minimum absolute atomic E-state index is 0.0270. The van der Waals surface area contributed by atoms with Crippen LogP contribution in [0.3, 0.4) is 0 Å². The molecule has 0 radical (unpaired) electrons. The Balaban J connectivity index is 1.71. The summed E-state index contributed by atoms with van der Waals surface area (Å²) < 4.78 is 1.60. The van der Waals surface area contributed by atoms with Crippen LogP contribution in [0.2, 0.25) is 0 Å². The number of hydrogen-bond donors (Lipinski definition) is 2. The molecular weight excluding hydrogens is 380 g/mol. The summed E-state index contributed by atoms with van der Waals surface area (Å²) >= 11 is 0. The van der Waals surface area contributed by atoms with Crippen LogP contribution in [0, 0.1) is 17.3 Å². The van der Waals surface area contributed by atoms with Gasteiger partial charge in [0, 0.05) is 19.8 Å². The average molecular weight is 411 g/mol. The normalized spacial score (nSPS) is 27.2. The lowest BCUT2D eigenvalue weighted by Gasteiger charge is -2.42. The van der Waals surface area contributed by atoms with Crippen LogP contribution in [-0.2, 0) is 6.54 Å². The van der Waals surface area contributed by atoms with Gasteiger partial charge in [0.2, 0.25) is 0 Å². The second-order valence-electron chi connectivity index (χ2n) is 9.07. The zero-order chi connectivity index (χ0) is 21.5. The summed E-state index contributed by atoms with van der Waals surface area (Å²) in [4.78, 5) is 28.8. The Morgan fingerprint density at radius 2 is 2.03 bits per heavy atom. The van der Waals surface area contributed by atoms with Crippen LogP contribution in [0.15, 0.2) is 39.3 Å². The lowest BCUT2D eigenvalue weighted by atomic mass is 9.65. The van der Waals surface area contributed by atoms with Gasteiger partial charge in [-0.05, 0) is 54.6 Å². The van der Waals surface area contributed by atoms with Crippen molar-refractivity contribution in [2.24, 2.45) is 22.2 Å². The average Bonchev–Trinajstić information content (AvgIpc) is 3.19. The standard InChI is InChI=1S/C23H30N4O3/c1-14-8-17-11-25-15(2)9-16(17)10-18(14)23(6-4-5-7-23)13-27-12-19(28)21(29)20(26-27)22(30)24-3/h8,10-12,14-15,18,28H,4-7,9,13H2,1-3H3,(H,24,30). The molecular formula is C23H30N4O3. The largest absolute Gasteiger partial charge is 0.503 e. The van der Waals surface area contributed by atoms with Gasteiger partial charge in [-0.25, -0.2) is 0 Å². The third kappa shape index (κ3) is 3.61. The van der Waals surface area contributed by atoms with Crippen molar-refractivity contribution in [3.05, 3.63) is 45.4 Å². The molecule has 2 N–H and O–H groups in total. The smallest absolute Gasteiger partial charge is 0.275 e. The highest BCUT2D eigenvalue weighted by molar-refractivity contribution is 5.92. The van der Waals surface area contributed by atoms with Gasteiger partial charge in [-0.2, -0.15) is 5.10 Å². The van der Waals surface area contributed by atoms with E-state index in [1.165, 1.54) is 24.4 Å². The predicted molar refractivity (Wildman–Crippen MR) is 116 cm³/mol. The number of aliphatic imine (C=N–C) groups is 1. The number of rotatable bonds is 4. The first kappa shape index (κ1) is 20.6. The molecule has 0 saturated heterocycles. The van der Waals surface area contributed by atoms with Gasteiger partial charge < -0.3 is 10.4 Å². The van der Waals surface area contributed by atoms with Gasteiger partial charge in [-0.1, -0.05) is 31.9 Å². The Morgan fingerprint density at radius 3 is 2.73 bits per heavy atom. The third-order valence-electron chi connectivity index (χ3n) is 6.92. The van der Waals surface area contributed by atoms with Crippen LogP contribution in [0.4, 0.5) is 0 Å². The van der Waals surface area contributed by atoms with Crippen molar-refractivity contribution < 1.29 is 9.90 Å². The molecule has 3 aliphatic rings. The second-order valence-corrected chi connectivity index (χ2v) is 9.07. The van der Waals surface area contributed by atoms with E-state index in [4.69, 9.17) is 0 Å². The van der Waals surface area contributed by atoms with Crippen molar-refractivity contribution in [1.82, 2.24) is 15.1 Å². The number of nitrogens with one attached hydrogen (secondary N) is 1. The molecule has 4 rings (SSSR count). The monoisotopic (exact) mass is 410 g/mol. The van der Waals surface area contributed by atoms with Crippen molar-refractivity contribution >= 4 is 12.1 Å². The topological polar surface area (TPSA) is 96.6 Å². The number of nitrogens with zero attached hydrogens (tertiary/aromatic N) is 3. The molecule has 0 aromatic carbocycles. The Kier molecular flexibility index (Phi) is 5.38. The molecule has 1 amide bonds. The summed E-state index contributed by atoms with van der Waals surface area (Å²) in [6, 6.07) is 0.301. The first-order chi connectivity index (χ1) is 14.3. The number of carbonyl (C=O) groups excluding carboxylic acids is 1. The molecule has 1 aromatic rings. The highest BCUT2D eigenvalue weighted by Crippen LogP contribution is 2.51. The predicted octanol–water partition coefficient (Wildman–Crippen LogP) is 2.85. The molecule has 0 spiro atoms. The minimum Gasteiger partial charge on any atom is -0.503 e. The molecule has 1 aliphatic heterocycles. The van der Waals surface area contributed by atoms with Gasteiger partial charge in [0.15, 0.2) is 11.4 Å². The fourth-order valence-electron chi connectivity index (χ4n) is 5.45. The van der Waals surface area contributed by atoms with Crippen molar-refractivity contribution in [3.63, 3.8) is 0 Å². The van der Waals surface area contributed by atoms with E-state index in [0.29, 0.717) is 24.4 Å². The van der Waals surface area contributed by atoms with E-state index in [1.54, 1.807) is 4.68 Å². The molecule has 7 nitrogen and oxygen atoms in total. The fraction of sp³-hybridized carbons (Fsp3) is 0.565. The SMILES string of the molecule is CNC(=O)c1nn(CC2(C3C=C4CC(C)N=CC4=CC3C)CCCC2)cc(O)c1=O. The first-order valence-electron chi connectivity index (χ1n) is 10.8. The Morgan fingerprint density at radius 1 is 1.30 bits per heavy atom. The van der Waals surface area contributed by atoms with Crippen LogP contribution in [0.1, 0.15) is 56.4 Å². The molecule has 160 valence electrons. The molecule has 1 aromatic heterocycles. The molecule has 7 heteroatoms. The Bertz CT molecular complexity index is 998. The van der Waals surface area contributed by atoms with Crippen molar-refractivity contribution in [3.8, 4) is 5.75 Å². The molecule has 2 heterocycles. The van der Waals surface area contributed by atoms with Gasteiger partial charge in [-0.15, -0.1) is 0 Å². The van der Waals surface area contributed by atoms with Gasteiger partial charge in [-0.3, -0.25) is 19.3 Å². The number of allylic oxidation sites excluding steroid dienone is 3. The van der Waals surface area contributed by atoms with E-state index in [9.17, 15) is 14.7 Å². The number of aromatic nitrogens is 2. The zero-order valence-corrected chi connectivity index (χ0v) is 17.9. The van der Waals surface area contributed by atoms with Gasteiger partial charge >= 0.3 is 0 Å². The summed E-state index contributed by atoms with van der Waals surface area (Å²) in [7, 11) is 1.45. The Labute approximate surface area is 176 Å². The molecule has 3 unspecified atom stereocenters. The van der Waals surface area contributed by atoms with E-state index in [-0.39, 0.29) is 11.1 Å². The third-order valence-corrected chi connectivity index (χ3v) is 6.92. The lowest BCUT2D eigenvalue weighted by Crippen LogP contribution is -2.38. The van der Waals surface area contributed by atoms with Gasteiger partial charge in [0.1, 0.15) is 0 Å². The highest BCUT2D eigenvalue weighted by atomic mass is 16.3. The number of hydrogen-bond acceptors (Lipinski definition) is 5. The summed E-state index contributed by atoms with van der Waals surface area (Å²) in [5.74, 6) is -0.329. The van der Waals surface area contributed by atoms with Crippen LogP contribution in [0.25, 0.3) is 0 Å². The maximum atomic E-state index is 12.2. The van der Waals surface area contributed by atoms with Crippen molar-refractivity contribution in [2.45, 2.75) is 58.5 Å². The molecule has 0 bridgehead atoms. The maximum absolute atomic E-state index is 12.2. The summed E-state index contributed by atoms with van der Waals surface area (Å²) in [5.41, 5.74) is 1.59. The molecule has 3 atom stereocenters. The zero-order valence-electron chi connectivity index (χ0n) is 17.9. The van der Waals surface area contributed by atoms with E-state index < -0.39 is 17.1 Å². The van der Waals surface area contributed by atoms with E-state index >= 15 is 0 Å². The van der Waals surface area contributed by atoms with Gasteiger partial charge in [0.25, 0.3) is 11.3 Å². The number of carbonyl (C=O) groups is 1. The fourth-order valence-corrected chi connectivity index (χ4v) is 5.45. The van der Waals surface area contributed by atoms with E-state index in [1.807, 2.05) is 6.21 Å². The lowest BCUT2D eigenvalue weighted by molar-refractivity contribution is 0.0947. The number of amides is 1. The molecule has 1 saturated carbocycles. The summed E-state index contributed by atoms with van der Waals surface area (Å²) in [5, 5.41) is 16.9. The van der Waals surface area contributed by atoms with E-state index in [0.717, 1.165) is 32.1 Å². The number of fused-ring (bicyclic) bond motifs is 1. The molecule has 1 fully saturated rings. The van der Waals surface area contributed by atoms with Gasteiger partial charge in [0.05, 0.1) is 12.2 Å². The quantitative estimate of drug-likeness (QED) is 0.798. The summed E-state index contributed by atoms with van der Waals surface area (Å²) in [6.07, 6.45) is 13.5. The highest BCUT2D eigenvalue weighted by Gasteiger charge is 2.44.